The Labute approximate surface area is 75.3 Å². The predicted octanol–water partition coefficient (Wildman–Crippen LogP) is 0.598. The second-order valence-electron chi connectivity index (χ2n) is 3.01. The summed E-state index contributed by atoms with van der Waals surface area (Å²) in [7, 11) is 0. The molecule has 0 radical (unpaired) electrons. The normalized spacial score (nSPS) is 12.8. The van der Waals surface area contributed by atoms with Crippen LogP contribution < -0.4 is 5.73 Å². The van der Waals surface area contributed by atoms with Gasteiger partial charge in [-0.1, -0.05) is 0 Å². The molecule has 1 aromatic heterocycles. The van der Waals surface area contributed by atoms with E-state index in [1.54, 1.807) is 0 Å². The van der Waals surface area contributed by atoms with Crippen LogP contribution in [0.3, 0.4) is 0 Å². The van der Waals surface area contributed by atoms with Crippen LogP contribution in [0.5, 0.6) is 0 Å². The van der Waals surface area contributed by atoms with E-state index >= 15 is 0 Å². The highest BCUT2D eigenvalue weighted by Crippen LogP contribution is 2.16. The Balaban J connectivity index is 2.65. The number of nitro groups is 1. The number of hydrogen-bond acceptors (Lipinski definition) is 4. The SMILES string of the molecule is CC(N)CCc1[nH]ncc1[N+](=O)[O-]. The summed E-state index contributed by atoms with van der Waals surface area (Å²) < 4.78 is 0. The number of nitrogens with one attached hydrogen (secondary N) is 1. The first-order valence-corrected chi connectivity index (χ1v) is 4.03. The molecule has 1 atom stereocenters. The maximum Gasteiger partial charge on any atom is 0.309 e. The van der Waals surface area contributed by atoms with Gasteiger partial charge in [0.05, 0.1) is 4.92 Å². The van der Waals surface area contributed by atoms with E-state index in [1.807, 2.05) is 6.92 Å². The van der Waals surface area contributed by atoms with E-state index in [1.165, 1.54) is 6.20 Å². The molecule has 6 heteroatoms. The maximum atomic E-state index is 10.4. The van der Waals surface area contributed by atoms with Crippen molar-refractivity contribution in [3.05, 3.63) is 22.0 Å². The minimum absolute atomic E-state index is 0.0423. The largest absolute Gasteiger partial charge is 0.328 e. The zero-order valence-electron chi connectivity index (χ0n) is 7.36. The highest BCUT2D eigenvalue weighted by molar-refractivity contribution is 5.31. The predicted molar refractivity (Wildman–Crippen MR) is 47.2 cm³/mol. The molecule has 6 nitrogen and oxygen atoms in total. The van der Waals surface area contributed by atoms with Crippen molar-refractivity contribution >= 4 is 5.69 Å². The third-order valence-corrected chi connectivity index (χ3v) is 1.74. The zero-order valence-corrected chi connectivity index (χ0v) is 7.36. The van der Waals surface area contributed by atoms with Gasteiger partial charge >= 0.3 is 5.69 Å². The third kappa shape index (κ3) is 2.51. The highest BCUT2D eigenvalue weighted by Gasteiger charge is 2.15. The highest BCUT2D eigenvalue weighted by atomic mass is 16.6. The first-order chi connectivity index (χ1) is 6.11. The van der Waals surface area contributed by atoms with Crippen molar-refractivity contribution in [2.75, 3.05) is 0 Å². The molecular weight excluding hydrogens is 172 g/mol. The molecule has 0 fully saturated rings. The van der Waals surface area contributed by atoms with Crippen LogP contribution in [0.15, 0.2) is 6.20 Å². The molecule has 0 saturated heterocycles. The van der Waals surface area contributed by atoms with Crippen molar-refractivity contribution in [3.63, 3.8) is 0 Å². The fourth-order valence-corrected chi connectivity index (χ4v) is 1.02. The number of aromatic amines is 1. The number of rotatable bonds is 4. The molecule has 1 rings (SSSR count). The number of aryl methyl sites for hydroxylation is 1. The molecule has 0 bridgehead atoms. The van der Waals surface area contributed by atoms with Gasteiger partial charge in [0.2, 0.25) is 0 Å². The van der Waals surface area contributed by atoms with Crippen LogP contribution >= 0.6 is 0 Å². The van der Waals surface area contributed by atoms with Gasteiger partial charge in [0, 0.05) is 6.04 Å². The van der Waals surface area contributed by atoms with Gasteiger partial charge in [0.15, 0.2) is 0 Å². The lowest BCUT2D eigenvalue weighted by Crippen LogP contribution is -2.15. The molecule has 3 N–H and O–H groups in total. The fourth-order valence-electron chi connectivity index (χ4n) is 1.02. The van der Waals surface area contributed by atoms with Crippen LogP contribution in [-0.2, 0) is 6.42 Å². The second-order valence-corrected chi connectivity index (χ2v) is 3.01. The summed E-state index contributed by atoms with van der Waals surface area (Å²) in [6.45, 7) is 1.86. The molecule has 0 amide bonds. The van der Waals surface area contributed by atoms with E-state index in [-0.39, 0.29) is 11.7 Å². The summed E-state index contributed by atoms with van der Waals surface area (Å²) in [4.78, 5) is 10.00. The second kappa shape index (κ2) is 3.99. The van der Waals surface area contributed by atoms with Gasteiger partial charge < -0.3 is 5.73 Å². The van der Waals surface area contributed by atoms with E-state index < -0.39 is 4.92 Å². The van der Waals surface area contributed by atoms with E-state index in [2.05, 4.69) is 10.2 Å². The van der Waals surface area contributed by atoms with Gasteiger partial charge in [-0.3, -0.25) is 15.2 Å². The van der Waals surface area contributed by atoms with Gasteiger partial charge in [-0.15, -0.1) is 0 Å². The van der Waals surface area contributed by atoms with Gasteiger partial charge in [0.25, 0.3) is 0 Å². The minimum atomic E-state index is -0.444. The summed E-state index contributed by atoms with van der Waals surface area (Å²) in [5.41, 5.74) is 6.12. The molecule has 1 aromatic rings. The van der Waals surface area contributed by atoms with Crippen molar-refractivity contribution in [2.45, 2.75) is 25.8 Å². The molecule has 0 aliphatic heterocycles. The monoisotopic (exact) mass is 184 g/mol. The smallest absolute Gasteiger partial charge is 0.309 e. The first-order valence-electron chi connectivity index (χ1n) is 4.03. The van der Waals surface area contributed by atoms with Crippen molar-refractivity contribution in [1.29, 1.82) is 0 Å². The van der Waals surface area contributed by atoms with Crippen molar-refractivity contribution in [1.82, 2.24) is 10.2 Å². The van der Waals surface area contributed by atoms with E-state index in [9.17, 15) is 10.1 Å². The van der Waals surface area contributed by atoms with Gasteiger partial charge in [0.1, 0.15) is 11.9 Å². The third-order valence-electron chi connectivity index (χ3n) is 1.74. The standard InChI is InChI=1S/C7H12N4O2/c1-5(8)2-3-6-7(11(12)13)4-9-10-6/h4-5H,2-3,8H2,1H3,(H,9,10). The summed E-state index contributed by atoms with van der Waals surface area (Å²) in [5, 5.41) is 16.7. The van der Waals surface area contributed by atoms with E-state index in [0.717, 1.165) is 0 Å². The Morgan fingerprint density at radius 2 is 2.54 bits per heavy atom. The number of nitrogens with zero attached hydrogens (tertiary/aromatic N) is 2. The van der Waals surface area contributed by atoms with Crippen LogP contribution in [0.25, 0.3) is 0 Å². The number of hydrogen-bond donors (Lipinski definition) is 2. The van der Waals surface area contributed by atoms with Crippen LogP contribution in [0.4, 0.5) is 5.69 Å². The van der Waals surface area contributed by atoms with Gasteiger partial charge in [-0.2, -0.15) is 5.10 Å². The molecule has 0 aliphatic rings. The Hall–Kier alpha value is -1.43. The average molecular weight is 184 g/mol. The molecule has 0 saturated carbocycles. The van der Waals surface area contributed by atoms with Crippen LogP contribution in [0.1, 0.15) is 19.0 Å². The Bertz CT molecular complexity index is 294. The van der Waals surface area contributed by atoms with Crippen molar-refractivity contribution < 1.29 is 4.92 Å². The Morgan fingerprint density at radius 1 is 1.85 bits per heavy atom. The fraction of sp³-hybridized carbons (Fsp3) is 0.571. The lowest BCUT2D eigenvalue weighted by molar-refractivity contribution is -0.385. The van der Waals surface area contributed by atoms with Crippen molar-refractivity contribution in [2.24, 2.45) is 5.73 Å². The Kier molecular flexibility index (Phi) is 2.97. The lowest BCUT2D eigenvalue weighted by atomic mass is 10.1. The van der Waals surface area contributed by atoms with Crippen LogP contribution in [-0.4, -0.2) is 21.2 Å². The molecule has 72 valence electrons. The van der Waals surface area contributed by atoms with Gasteiger partial charge in [-0.05, 0) is 19.8 Å². The quantitative estimate of drug-likeness (QED) is 0.528. The number of nitrogens with two attached hydrogens (primary N) is 1. The number of H-pyrrole nitrogens is 1. The van der Waals surface area contributed by atoms with E-state index in [0.29, 0.717) is 18.5 Å². The van der Waals surface area contributed by atoms with Crippen LogP contribution in [0, 0.1) is 10.1 Å². The summed E-state index contributed by atoms with van der Waals surface area (Å²) in [5.74, 6) is 0. The summed E-state index contributed by atoms with van der Waals surface area (Å²) in [6.07, 6.45) is 2.49. The zero-order chi connectivity index (χ0) is 9.84. The molecule has 13 heavy (non-hydrogen) atoms. The minimum Gasteiger partial charge on any atom is -0.328 e. The topological polar surface area (TPSA) is 97.8 Å². The van der Waals surface area contributed by atoms with Crippen LogP contribution in [0.2, 0.25) is 0 Å². The first kappa shape index (κ1) is 9.66. The summed E-state index contributed by atoms with van der Waals surface area (Å²) in [6, 6.07) is 0.0444. The molecular formula is C7H12N4O2. The van der Waals surface area contributed by atoms with Crippen molar-refractivity contribution in [3.8, 4) is 0 Å². The molecule has 0 spiro atoms. The summed E-state index contributed by atoms with van der Waals surface area (Å²) >= 11 is 0. The van der Waals surface area contributed by atoms with E-state index in [4.69, 9.17) is 5.73 Å². The molecule has 1 heterocycles. The average Bonchev–Trinajstić information content (AvgIpc) is 2.47. The number of aromatic nitrogens is 2. The Morgan fingerprint density at radius 3 is 3.08 bits per heavy atom. The molecule has 1 unspecified atom stereocenters. The molecule has 0 aromatic carbocycles. The molecule has 0 aliphatic carbocycles. The van der Waals surface area contributed by atoms with Gasteiger partial charge in [-0.25, -0.2) is 0 Å². The maximum absolute atomic E-state index is 10.4. The lowest BCUT2D eigenvalue weighted by Gasteiger charge is -2.01.